The molecule has 1 aliphatic carbocycles. The Morgan fingerprint density at radius 1 is 1.00 bits per heavy atom. The summed E-state index contributed by atoms with van der Waals surface area (Å²) in [6, 6.07) is 17.9. The summed E-state index contributed by atoms with van der Waals surface area (Å²) in [6.07, 6.45) is 7.45. The van der Waals surface area contributed by atoms with Gasteiger partial charge in [-0.3, -0.25) is 14.5 Å². The van der Waals surface area contributed by atoms with Crippen LogP contribution < -0.4 is 9.47 Å². The Balaban J connectivity index is 1.33. The van der Waals surface area contributed by atoms with E-state index in [0.717, 1.165) is 35.6 Å². The van der Waals surface area contributed by atoms with E-state index >= 15 is 0 Å². The number of benzene rings is 3. The van der Waals surface area contributed by atoms with Crippen molar-refractivity contribution in [3.8, 4) is 11.5 Å². The van der Waals surface area contributed by atoms with E-state index in [1.165, 1.54) is 29.5 Å². The van der Waals surface area contributed by atoms with Crippen molar-refractivity contribution in [3.05, 3.63) is 75.7 Å². The van der Waals surface area contributed by atoms with Crippen molar-refractivity contribution in [3.63, 3.8) is 0 Å². The molecule has 1 aliphatic heterocycles. The molecule has 7 heteroatoms. The average Bonchev–Trinajstić information content (AvgIpc) is 3.16. The van der Waals surface area contributed by atoms with Crippen molar-refractivity contribution in [2.45, 2.75) is 45.6 Å². The van der Waals surface area contributed by atoms with E-state index in [0.29, 0.717) is 52.7 Å². The van der Waals surface area contributed by atoms with Gasteiger partial charge in [0, 0.05) is 6.54 Å². The van der Waals surface area contributed by atoms with Crippen LogP contribution in [0.3, 0.4) is 0 Å². The van der Waals surface area contributed by atoms with Gasteiger partial charge in [-0.05, 0) is 83.6 Å². The first-order valence-electron chi connectivity index (χ1n) is 12.8. The summed E-state index contributed by atoms with van der Waals surface area (Å²) < 4.78 is 12.0. The minimum absolute atomic E-state index is 0.201. The molecule has 5 nitrogen and oxygen atoms in total. The third-order valence-corrected chi connectivity index (χ3v) is 8.05. The molecular formula is C30H30ClNO4S. The van der Waals surface area contributed by atoms with Gasteiger partial charge >= 0.3 is 0 Å². The summed E-state index contributed by atoms with van der Waals surface area (Å²) >= 11 is 7.62. The maximum absolute atomic E-state index is 13.0. The number of fused-ring (bicyclic) bond motifs is 1. The maximum Gasteiger partial charge on any atom is 0.293 e. The number of imide groups is 1. The van der Waals surface area contributed by atoms with Gasteiger partial charge in [-0.1, -0.05) is 67.3 Å². The largest absolute Gasteiger partial charge is 0.490 e. The van der Waals surface area contributed by atoms with Crippen molar-refractivity contribution >= 4 is 51.4 Å². The van der Waals surface area contributed by atoms with Crippen molar-refractivity contribution in [1.29, 1.82) is 0 Å². The molecule has 0 N–H and O–H groups in total. The lowest BCUT2D eigenvalue weighted by molar-refractivity contribution is -0.123. The predicted octanol–water partition coefficient (Wildman–Crippen LogP) is 8.09. The molecule has 0 bridgehead atoms. The van der Waals surface area contributed by atoms with Crippen LogP contribution in [0.5, 0.6) is 11.5 Å². The summed E-state index contributed by atoms with van der Waals surface area (Å²) in [6.45, 7) is 3.17. The molecule has 1 saturated carbocycles. The standard InChI is InChI=1S/C30H30ClNO4S/c1-2-35-26-16-22(17-27-29(33)32(30(34)37-27)18-20-8-4-3-5-9-20)15-25(31)28(26)36-19-21-12-13-23-10-6-7-11-24(23)14-21/h6-7,10-17,20H,2-5,8-9,18-19H2,1H3/b27-17+. The van der Waals surface area contributed by atoms with Gasteiger partial charge in [-0.15, -0.1) is 0 Å². The monoisotopic (exact) mass is 535 g/mol. The Bertz CT molecular complexity index is 1350. The van der Waals surface area contributed by atoms with E-state index in [9.17, 15) is 9.59 Å². The highest BCUT2D eigenvalue weighted by molar-refractivity contribution is 8.18. The van der Waals surface area contributed by atoms with Crippen LogP contribution in [0, 0.1) is 5.92 Å². The summed E-state index contributed by atoms with van der Waals surface area (Å²) in [5, 5.41) is 2.51. The molecule has 192 valence electrons. The minimum Gasteiger partial charge on any atom is -0.490 e. The second kappa shape index (κ2) is 11.6. The highest BCUT2D eigenvalue weighted by Gasteiger charge is 2.36. The predicted molar refractivity (Wildman–Crippen MR) is 150 cm³/mol. The molecular weight excluding hydrogens is 506 g/mol. The number of hydrogen-bond donors (Lipinski definition) is 0. The van der Waals surface area contributed by atoms with Crippen LogP contribution in [0.15, 0.2) is 59.5 Å². The highest BCUT2D eigenvalue weighted by Crippen LogP contribution is 2.40. The Kier molecular flexibility index (Phi) is 8.06. The number of ether oxygens (including phenoxy) is 2. The molecule has 5 rings (SSSR count). The van der Waals surface area contributed by atoms with Gasteiger partial charge < -0.3 is 9.47 Å². The number of nitrogens with zero attached hydrogens (tertiary/aromatic N) is 1. The molecule has 1 saturated heterocycles. The van der Waals surface area contributed by atoms with Crippen LogP contribution in [-0.2, 0) is 11.4 Å². The van der Waals surface area contributed by atoms with E-state index in [2.05, 4.69) is 24.3 Å². The molecule has 37 heavy (non-hydrogen) atoms. The van der Waals surface area contributed by atoms with Crippen molar-refractivity contribution in [2.24, 2.45) is 5.92 Å². The Morgan fingerprint density at radius 3 is 2.57 bits per heavy atom. The molecule has 0 spiro atoms. The fourth-order valence-corrected chi connectivity index (χ4v) is 6.12. The van der Waals surface area contributed by atoms with E-state index in [-0.39, 0.29) is 11.1 Å². The van der Waals surface area contributed by atoms with Crippen molar-refractivity contribution in [1.82, 2.24) is 4.90 Å². The molecule has 2 amide bonds. The molecule has 1 heterocycles. The Labute approximate surface area is 226 Å². The summed E-state index contributed by atoms with van der Waals surface area (Å²) in [7, 11) is 0. The average molecular weight is 536 g/mol. The molecule has 0 unspecified atom stereocenters. The SMILES string of the molecule is CCOc1cc(/C=C2/SC(=O)N(CC3CCCCC3)C2=O)cc(Cl)c1OCc1ccc2ccccc2c1. The second-order valence-corrected chi connectivity index (χ2v) is 10.9. The molecule has 2 fully saturated rings. The summed E-state index contributed by atoms with van der Waals surface area (Å²) in [5.41, 5.74) is 1.71. The number of thioether (sulfide) groups is 1. The lowest BCUT2D eigenvalue weighted by Gasteiger charge is -2.25. The first kappa shape index (κ1) is 25.7. The smallest absolute Gasteiger partial charge is 0.293 e. The first-order valence-corrected chi connectivity index (χ1v) is 14.0. The molecule has 0 radical (unpaired) electrons. The molecule has 0 aromatic heterocycles. The first-order chi connectivity index (χ1) is 18.0. The summed E-state index contributed by atoms with van der Waals surface area (Å²) in [4.78, 5) is 27.5. The minimum atomic E-state index is -0.230. The van der Waals surface area contributed by atoms with Crippen LogP contribution in [0.1, 0.15) is 50.2 Å². The molecule has 3 aromatic rings. The highest BCUT2D eigenvalue weighted by atomic mass is 35.5. The van der Waals surface area contributed by atoms with Crippen LogP contribution in [0.25, 0.3) is 16.8 Å². The van der Waals surface area contributed by atoms with Crippen molar-refractivity contribution < 1.29 is 19.1 Å². The van der Waals surface area contributed by atoms with Gasteiger partial charge in [0.15, 0.2) is 11.5 Å². The van der Waals surface area contributed by atoms with E-state index in [1.54, 1.807) is 18.2 Å². The van der Waals surface area contributed by atoms with E-state index in [4.69, 9.17) is 21.1 Å². The third kappa shape index (κ3) is 5.97. The molecule has 0 atom stereocenters. The number of halogens is 1. The number of carbonyl (C=O) groups is 2. The van der Waals surface area contributed by atoms with E-state index < -0.39 is 0 Å². The van der Waals surface area contributed by atoms with Gasteiger partial charge in [0.1, 0.15) is 6.61 Å². The summed E-state index contributed by atoms with van der Waals surface area (Å²) in [5.74, 6) is 1.13. The molecule has 3 aromatic carbocycles. The Hall–Kier alpha value is -2.96. The normalized spacial score (nSPS) is 17.7. The lowest BCUT2D eigenvalue weighted by atomic mass is 9.89. The zero-order valence-corrected chi connectivity index (χ0v) is 22.4. The van der Waals surface area contributed by atoms with Gasteiger partial charge in [0.25, 0.3) is 11.1 Å². The van der Waals surface area contributed by atoms with Gasteiger partial charge in [-0.25, -0.2) is 0 Å². The third-order valence-electron chi connectivity index (χ3n) is 6.87. The number of rotatable bonds is 8. The zero-order valence-electron chi connectivity index (χ0n) is 20.9. The number of amides is 2. The number of carbonyl (C=O) groups excluding carboxylic acids is 2. The topological polar surface area (TPSA) is 55.8 Å². The van der Waals surface area contributed by atoms with E-state index in [1.807, 2.05) is 25.1 Å². The van der Waals surface area contributed by atoms with Crippen LogP contribution in [0.2, 0.25) is 5.02 Å². The van der Waals surface area contributed by atoms with Gasteiger partial charge in [0.05, 0.1) is 16.5 Å². The maximum atomic E-state index is 13.0. The van der Waals surface area contributed by atoms with Gasteiger partial charge in [-0.2, -0.15) is 0 Å². The van der Waals surface area contributed by atoms with Crippen LogP contribution in [0.4, 0.5) is 4.79 Å². The van der Waals surface area contributed by atoms with Crippen LogP contribution >= 0.6 is 23.4 Å². The second-order valence-electron chi connectivity index (χ2n) is 9.53. The zero-order chi connectivity index (χ0) is 25.8. The lowest BCUT2D eigenvalue weighted by Crippen LogP contribution is -2.34. The van der Waals surface area contributed by atoms with Crippen LogP contribution in [-0.4, -0.2) is 29.2 Å². The fraction of sp³-hybridized carbons (Fsp3) is 0.333. The fourth-order valence-electron chi connectivity index (χ4n) is 5.00. The quantitative estimate of drug-likeness (QED) is 0.273. The number of hydrogen-bond acceptors (Lipinski definition) is 5. The van der Waals surface area contributed by atoms with Crippen molar-refractivity contribution in [2.75, 3.05) is 13.2 Å². The Morgan fingerprint density at radius 2 is 1.78 bits per heavy atom. The van der Waals surface area contributed by atoms with Gasteiger partial charge in [0.2, 0.25) is 0 Å². The molecule has 2 aliphatic rings.